The fraction of sp³-hybridized carbons (Fsp3) is 0.379. The van der Waals surface area contributed by atoms with Crippen molar-refractivity contribution in [3.05, 3.63) is 83.7 Å². The average molecular weight is 556 g/mol. The number of benzene rings is 2. The predicted molar refractivity (Wildman–Crippen MR) is 151 cm³/mol. The first-order valence-electron chi connectivity index (χ1n) is 13.0. The van der Waals surface area contributed by atoms with Crippen LogP contribution in [-0.2, 0) is 16.4 Å². The van der Waals surface area contributed by atoms with Gasteiger partial charge >= 0.3 is 0 Å². The fourth-order valence-electron chi connectivity index (χ4n) is 3.95. The van der Waals surface area contributed by atoms with E-state index < -0.39 is 22.0 Å². The lowest BCUT2D eigenvalue weighted by atomic mass is 10.00. The third kappa shape index (κ3) is 9.74. The van der Waals surface area contributed by atoms with Gasteiger partial charge in [-0.1, -0.05) is 36.4 Å². The van der Waals surface area contributed by atoms with Crippen molar-refractivity contribution in [1.29, 1.82) is 0 Å². The molecule has 10 heteroatoms. The van der Waals surface area contributed by atoms with Crippen LogP contribution in [0.2, 0.25) is 0 Å². The number of rotatable bonds is 15. The van der Waals surface area contributed by atoms with E-state index in [9.17, 15) is 18.3 Å². The summed E-state index contributed by atoms with van der Waals surface area (Å²) in [7, 11) is -3.87. The molecular formula is C29H37N3O6S. The molecule has 1 heterocycles. The minimum Gasteiger partial charge on any atom is -0.490 e. The molecule has 0 spiro atoms. The zero-order valence-electron chi connectivity index (χ0n) is 22.3. The molecule has 0 radical (unpaired) electrons. The van der Waals surface area contributed by atoms with Crippen LogP contribution in [0.4, 0.5) is 0 Å². The summed E-state index contributed by atoms with van der Waals surface area (Å²) in [4.78, 5) is 16.7. The first kappa shape index (κ1) is 30.2. The second-order valence-electron chi connectivity index (χ2n) is 9.51. The summed E-state index contributed by atoms with van der Waals surface area (Å²) in [5, 5.41) is 22.4. The molecule has 3 aromatic rings. The SMILES string of the molecule is CC(C)Oc1cc(-c2ccc(CCCNCC(O)c3cccnc3)cc2)ccc1C(=O)NS(=O)(=O)CCCO. The van der Waals surface area contributed by atoms with Crippen LogP contribution in [0.5, 0.6) is 5.75 Å². The Morgan fingerprint density at radius 3 is 2.46 bits per heavy atom. The number of ether oxygens (including phenoxy) is 1. The van der Waals surface area contributed by atoms with Gasteiger partial charge in [0.1, 0.15) is 5.75 Å². The average Bonchev–Trinajstić information content (AvgIpc) is 2.92. The van der Waals surface area contributed by atoms with Crippen LogP contribution in [0.3, 0.4) is 0 Å². The Balaban J connectivity index is 1.59. The van der Waals surface area contributed by atoms with Crippen LogP contribution in [0.25, 0.3) is 11.1 Å². The molecule has 0 saturated heterocycles. The number of carbonyl (C=O) groups excluding carboxylic acids is 1. The molecule has 3 rings (SSSR count). The van der Waals surface area contributed by atoms with Gasteiger partial charge in [-0.3, -0.25) is 9.78 Å². The van der Waals surface area contributed by atoms with Crippen LogP contribution < -0.4 is 14.8 Å². The summed E-state index contributed by atoms with van der Waals surface area (Å²) in [5.74, 6) is -0.822. The zero-order chi connectivity index (χ0) is 28.3. The Morgan fingerprint density at radius 2 is 1.79 bits per heavy atom. The van der Waals surface area contributed by atoms with Gasteiger partial charge in [-0.05, 0) is 74.5 Å². The van der Waals surface area contributed by atoms with E-state index >= 15 is 0 Å². The monoisotopic (exact) mass is 555 g/mol. The largest absolute Gasteiger partial charge is 0.490 e. The lowest BCUT2D eigenvalue weighted by Gasteiger charge is -2.16. The molecule has 39 heavy (non-hydrogen) atoms. The molecule has 1 aromatic heterocycles. The molecule has 1 atom stereocenters. The molecule has 0 bridgehead atoms. The van der Waals surface area contributed by atoms with Crippen molar-refractivity contribution in [1.82, 2.24) is 15.0 Å². The molecule has 9 nitrogen and oxygen atoms in total. The number of aryl methyl sites for hydroxylation is 1. The number of carbonyl (C=O) groups is 1. The molecule has 1 amide bonds. The Kier molecular flexibility index (Phi) is 11.4. The topological polar surface area (TPSA) is 138 Å². The van der Waals surface area contributed by atoms with E-state index in [1.807, 2.05) is 32.0 Å². The van der Waals surface area contributed by atoms with Crippen molar-refractivity contribution in [2.45, 2.75) is 45.3 Å². The number of aliphatic hydroxyl groups is 2. The third-order valence-electron chi connectivity index (χ3n) is 5.92. The summed E-state index contributed by atoms with van der Waals surface area (Å²) >= 11 is 0. The van der Waals surface area contributed by atoms with Crippen molar-refractivity contribution in [3.63, 3.8) is 0 Å². The molecule has 210 valence electrons. The minimum atomic E-state index is -3.87. The maximum Gasteiger partial charge on any atom is 0.268 e. The second kappa shape index (κ2) is 14.7. The first-order valence-corrected chi connectivity index (χ1v) is 14.7. The number of nitrogens with zero attached hydrogens (tertiary/aromatic N) is 1. The van der Waals surface area contributed by atoms with Crippen molar-refractivity contribution in [2.24, 2.45) is 0 Å². The van der Waals surface area contributed by atoms with Crippen molar-refractivity contribution < 1.29 is 28.2 Å². The van der Waals surface area contributed by atoms with Gasteiger partial charge in [0.15, 0.2) is 0 Å². The molecule has 4 N–H and O–H groups in total. The number of nitrogens with one attached hydrogen (secondary N) is 2. The number of pyridine rings is 1. The van der Waals surface area contributed by atoms with Gasteiger partial charge in [-0.25, -0.2) is 13.1 Å². The molecule has 0 fully saturated rings. The molecule has 0 aliphatic heterocycles. The smallest absolute Gasteiger partial charge is 0.268 e. The summed E-state index contributed by atoms with van der Waals surface area (Å²) in [6.07, 6.45) is 4.37. The first-order chi connectivity index (χ1) is 18.7. The number of sulfonamides is 1. The van der Waals surface area contributed by atoms with Crippen LogP contribution in [-0.4, -0.2) is 61.1 Å². The van der Waals surface area contributed by atoms with Crippen LogP contribution >= 0.6 is 0 Å². The molecular weight excluding hydrogens is 518 g/mol. The zero-order valence-corrected chi connectivity index (χ0v) is 23.2. The highest BCUT2D eigenvalue weighted by atomic mass is 32.2. The third-order valence-corrected chi connectivity index (χ3v) is 7.24. The molecule has 0 saturated carbocycles. The van der Waals surface area contributed by atoms with Crippen LogP contribution in [0.15, 0.2) is 67.0 Å². The minimum absolute atomic E-state index is 0.0404. The number of hydrogen-bond acceptors (Lipinski definition) is 8. The number of aromatic nitrogens is 1. The number of aliphatic hydroxyl groups excluding tert-OH is 2. The van der Waals surface area contributed by atoms with Crippen LogP contribution in [0.1, 0.15) is 54.3 Å². The summed E-state index contributed by atoms with van der Waals surface area (Å²) < 4.78 is 32.1. The fourth-order valence-corrected chi connectivity index (χ4v) is 4.96. The second-order valence-corrected chi connectivity index (χ2v) is 11.4. The standard InChI is InChI=1S/C29H37N3O6S/c1-21(2)38-28-18-24(12-13-26(28)29(35)32-39(36,37)17-5-16-33)23-10-8-22(9-11-23)6-3-14-31-20-27(34)25-7-4-15-30-19-25/h4,7-13,15,18-19,21,27,31,33-34H,3,5-6,14,16-17,20H2,1-2H3,(H,32,35). The van der Waals surface area contributed by atoms with E-state index in [2.05, 4.69) is 27.2 Å². The summed E-state index contributed by atoms with van der Waals surface area (Å²) in [6, 6.07) is 16.8. The highest BCUT2D eigenvalue weighted by molar-refractivity contribution is 7.90. The molecule has 0 aliphatic carbocycles. The van der Waals surface area contributed by atoms with Gasteiger partial charge in [-0.15, -0.1) is 0 Å². The summed E-state index contributed by atoms with van der Waals surface area (Å²) in [5.41, 5.74) is 3.86. The lowest BCUT2D eigenvalue weighted by molar-refractivity contribution is 0.0975. The van der Waals surface area contributed by atoms with E-state index in [-0.39, 0.29) is 30.4 Å². The predicted octanol–water partition coefficient (Wildman–Crippen LogP) is 3.23. The quantitative estimate of drug-likeness (QED) is 0.210. The normalized spacial score (nSPS) is 12.3. The van der Waals surface area contributed by atoms with Crippen LogP contribution in [0, 0.1) is 0 Å². The maximum absolute atomic E-state index is 12.7. The molecule has 1 unspecified atom stereocenters. The van der Waals surface area contributed by atoms with Crippen molar-refractivity contribution >= 4 is 15.9 Å². The van der Waals surface area contributed by atoms with E-state index in [1.165, 1.54) is 5.56 Å². The number of hydrogen-bond donors (Lipinski definition) is 4. The van der Waals surface area contributed by atoms with Gasteiger partial charge in [-0.2, -0.15) is 0 Å². The van der Waals surface area contributed by atoms with Crippen molar-refractivity contribution in [2.75, 3.05) is 25.4 Å². The van der Waals surface area contributed by atoms with Gasteiger partial charge in [0.05, 0.1) is 23.5 Å². The van der Waals surface area contributed by atoms with Gasteiger partial charge in [0.25, 0.3) is 5.91 Å². The van der Waals surface area contributed by atoms with E-state index in [0.717, 1.165) is 36.1 Å². The lowest BCUT2D eigenvalue weighted by Crippen LogP contribution is -2.33. The summed E-state index contributed by atoms with van der Waals surface area (Å²) in [6.45, 7) is 4.62. The molecule has 2 aromatic carbocycles. The Bertz CT molecular complexity index is 1300. The maximum atomic E-state index is 12.7. The van der Waals surface area contributed by atoms with Gasteiger partial charge in [0.2, 0.25) is 10.0 Å². The van der Waals surface area contributed by atoms with Gasteiger partial charge in [0, 0.05) is 31.1 Å². The Labute approximate surface area is 230 Å². The van der Waals surface area contributed by atoms with E-state index in [0.29, 0.717) is 12.3 Å². The molecule has 0 aliphatic rings. The number of amides is 1. The highest BCUT2D eigenvalue weighted by Gasteiger charge is 2.20. The van der Waals surface area contributed by atoms with Gasteiger partial charge < -0.3 is 20.3 Å². The highest BCUT2D eigenvalue weighted by Crippen LogP contribution is 2.29. The van der Waals surface area contributed by atoms with Crippen molar-refractivity contribution in [3.8, 4) is 16.9 Å². The van der Waals surface area contributed by atoms with E-state index in [1.54, 1.807) is 36.7 Å². The van der Waals surface area contributed by atoms with E-state index in [4.69, 9.17) is 9.84 Å². The Morgan fingerprint density at radius 1 is 1.05 bits per heavy atom. The Hall–Kier alpha value is -3.31.